The number of aliphatic hydroxyl groups is 1. The summed E-state index contributed by atoms with van der Waals surface area (Å²) in [6, 6.07) is 0.691. The topological polar surface area (TPSA) is 32.7 Å². The Morgan fingerprint density at radius 1 is 1.22 bits per heavy atom. The second kappa shape index (κ2) is 7.13. The first-order valence-electron chi connectivity index (χ1n) is 7.33. The van der Waals surface area contributed by atoms with Crippen LogP contribution in [0.25, 0.3) is 0 Å². The molecule has 0 aromatic carbocycles. The summed E-state index contributed by atoms with van der Waals surface area (Å²) in [4.78, 5) is 2.52. The third-order valence-electron chi connectivity index (χ3n) is 4.66. The molecule has 1 heterocycles. The minimum Gasteiger partial charge on any atom is -0.395 e. The van der Waals surface area contributed by atoms with Gasteiger partial charge in [-0.25, -0.2) is 0 Å². The Morgan fingerprint density at radius 3 is 2.44 bits per heavy atom. The molecule has 2 aliphatic rings. The summed E-state index contributed by atoms with van der Waals surface area (Å²) in [5, 5.41) is 9.30. The summed E-state index contributed by atoms with van der Waals surface area (Å²) in [6.07, 6.45) is 7.54. The molecule has 18 heavy (non-hydrogen) atoms. The molecule has 0 radical (unpaired) electrons. The molecule has 0 aromatic heterocycles. The predicted molar refractivity (Wildman–Crippen MR) is 77.3 cm³/mol. The van der Waals surface area contributed by atoms with Gasteiger partial charge in [0.2, 0.25) is 0 Å². The highest BCUT2D eigenvalue weighted by molar-refractivity contribution is 7.80. The number of hydrogen-bond acceptors (Lipinski definition) is 4. The van der Waals surface area contributed by atoms with Gasteiger partial charge in [-0.2, -0.15) is 12.6 Å². The molecule has 0 amide bonds. The second-order valence-corrected chi connectivity index (χ2v) is 6.22. The van der Waals surface area contributed by atoms with Crippen molar-refractivity contribution < 1.29 is 9.84 Å². The van der Waals surface area contributed by atoms with Crippen LogP contribution < -0.4 is 0 Å². The maximum atomic E-state index is 9.30. The molecule has 1 N–H and O–H groups in total. The van der Waals surface area contributed by atoms with Gasteiger partial charge in [-0.15, -0.1) is 0 Å². The lowest BCUT2D eigenvalue weighted by Crippen LogP contribution is -2.47. The summed E-state index contributed by atoms with van der Waals surface area (Å²) in [5.41, 5.74) is 0.305. The first-order chi connectivity index (χ1) is 8.79. The lowest BCUT2D eigenvalue weighted by molar-refractivity contribution is -0.00268. The van der Waals surface area contributed by atoms with Crippen molar-refractivity contribution in [3.05, 3.63) is 0 Å². The van der Waals surface area contributed by atoms with E-state index in [1.54, 1.807) is 0 Å². The van der Waals surface area contributed by atoms with Gasteiger partial charge in [0.15, 0.2) is 0 Å². The number of hydrogen-bond donors (Lipinski definition) is 2. The first kappa shape index (κ1) is 14.6. The quantitative estimate of drug-likeness (QED) is 0.726. The van der Waals surface area contributed by atoms with E-state index in [9.17, 15) is 5.11 Å². The molecule has 1 aliphatic heterocycles. The second-order valence-electron chi connectivity index (χ2n) is 5.90. The monoisotopic (exact) mass is 273 g/mol. The van der Waals surface area contributed by atoms with E-state index in [0.717, 1.165) is 44.9 Å². The Bertz CT molecular complexity index is 238. The molecular weight excluding hydrogens is 246 g/mol. The van der Waals surface area contributed by atoms with Gasteiger partial charge in [0.25, 0.3) is 0 Å². The fourth-order valence-corrected chi connectivity index (χ4v) is 3.81. The van der Waals surface area contributed by atoms with Crippen LogP contribution >= 0.6 is 12.6 Å². The van der Waals surface area contributed by atoms with Gasteiger partial charge in [0, 0.05) is 32.3 Å². The third kappa shape index (κ3) is 3.62. The molecule has 0 aromatic rings. The largest absolute Gasteiger partial charge is 0.395 e. The average molecular weight is 273 g/mol. The molecule has 106 valence electrons. The van der Waals surface area contributed by atoms with E-state index >= 15 is 0 Å². The van der Waals surface area contributed by atoms with E-state index in [-0.39, 0.29) is 6.61 Å². The van der Waals surface area contributed by atoms with E-state index in [1.807, 2.05) is 0 Å². The zero-order valence-electron chi connectivity index (χ0n) is 11.3. The van der Waals surface area contributed by atoms with Crippen LogP contribution in [0.15, 0.2) is 0 Å². The summed E-state index contributed by atoms with van der Waals surface area (Å²) >= 11 is 4.59. The number of nitrogens with zero attached hydrogens (tertiary/aromatic N) is 1. The summed E-state index contributed by atoms with van der Waals surface area (Å²) in [5.74, 6) is 0.936. The minimum absolute atomic E-state index is 0.273. The van der Waals surface area contributed by atoms with Gasteiger partial charge < -0.3 is 9.84 Å². The molecule has 3 nitrogen and oxygen atoms in total. The van der Waals surface area contributed by atoms with Gasteiger partial charge >= 0.3 is 0 Å². The van der Waals surface area contributed by atoms with Crippen LogP contribution in [-0.4, -0.2) is 54.7 Å². The molecule has 0 spiro atoms. The maximum Gasteiger partial charge on any atom is 0.0558 e. The Labute approximate surface area is 116 Å². The molecule has 0 atom stereocenters. The number of aliphatic hydroxyl groups excluding tert-OH is 1. The number of rotatable bonds is 6. The van der Waals surface area contributed by atoms with Crippen LogP contribution in [0.4, 0.5) is 0 Å². The highest BCUT2D eigenvalue weighted by atomic mass is 32.1. The van der Waals surface area contributed by atoms with Crippen molar-refractivity contribution in [2.24, 2.45) is 5.41 Å². The zero-order chi connectivity index (χ0) is 12.8. The average Bonchev–Trinajstić information content (AvgIpc) is 2.93. The molecular formula is C14H27NO2S. The van der Waals surface area contributed by atoms with Crippen LogP contribution in [0, 0.1) is 5.41 Å². The molecule has 0 unspecified atom stereocenters. The molecule has 1 aliphatic carbocycles. The molecule has 2 fully saturated rings. The van der Waals surface area contributed by atoms with Crippen LogP contribution in [-0.2, 0) is 4.74 Å². The highest BCUT2D eigenvalue weighted by Crippen LogP contribution is 2.35. The standard InChI is InChI=1S/C14H27NO2S/c16-8-7-15(13-3-1-2-4-13)11-14(12-18)5-9-17-10-6-14/h13,16,18H,1-12H2. The van der Waals surface area contributed by atoms with Gasteiger partial charge in [-0.05, 0) is 36.9 Å². The predicted octanol–water partition coefficient (Wildman–Crippen LogP) is 1.95. The molecule has 4 heteroatoms. The molecule has 1 saturated carbocycles. The third-order valence-corrected chi connectivity index (χ3v) is 5.33. The van der Waals surface area contributed by atoms with Crippen LogP contribution in [0.1, 0.15) is 38.5 Å². The van der Waals surface area contributed by atoms with Crippen LogP contribution in [0.3, 0.4) is 0 Å². The Balaban J connectivity index is 1.96. The van der Waals surface area contributed by atoms with Gasteiger partial charge in [0.1, 0.15) is 0 Å². The summed E-state index contributed by atoms with van der Waals surface area (Å²) < 4.78 is 5.49. The highest BCUT2D eigenvalue weighted by Gasteiger charge is 2.35. The fourth-order valence-electron chi connectivity index (χ4n) is 3.39. The van der Waals surface area contributed by atoms with E-state index in [2.05, 4.69) is 17.5 Å². The Kier molecular flexibility index (Phi) is 5.80. The van der Waals surface area contributed by atoms with Gasteiger partial charge in [0.05, 0.1) is 6.61 Å². The summed E-state index contributed by atoms with van der Waals surface area (Å²) in [7, 11) is 0. The fraction of sp³-hybridized carbons (Fsp3) is 1.00. The number of ether oxygens (including phenoxy) is 1. The van der Waals surface area contributed by atoms with Crippen molar-refractivity contribution in [3.8, 4) is 0 Å². The Hall–Kier alpha value is 0.230. The zero-order valence-corrected chi connectivity index (χ0v) is 12.2. The van der Waals surface area contributed by atoms with Crippen molar-refractivity contribution >= 4 is 12.6 Å². The normalized spacial score (nSPS) is 24.8. The van der Waals surface area contributed by atoms with Crippen molar-refractivity contribution in [3.63, 3.8) is 0 Å². The van der Waals surface area contributed by atoms with Crippen molar-refractivity contribution in [2.75, 3.05) is 38.7 Å². The minimum atomic E-state index is 0.273. The molecule has 2 rings (SSSR count). The lowest BCUT2D eigenvalue weighted by Gasteiger charge is -2.42. The summed E-state index contributed by atoms with van der Waals surface area (Å²) in [6.45, 7) is 3.93. The first-order valence-corrected chi connectivity index (χ1v) is 7.96. The van der Waals surface area contributed by atoms with Crippen LogP contribution in [0.2, 0.25) is 0 Å². The maximum absolute atomic E-state index is 9.30. The molecule has 1 saturated heterocycles. The van der Waals surface area contributed by atoms with Gasteiger partial charge in [-0.3, -0.25) is 4.90 Å². The van der Waals surface area contributed by atoms with E-state index < -0.39 is 0 Å². The number of thiol groups is 1. The smallest absolute Gasteiger partial charge is 0.0558 e. The SMILES string of the molecule is OCCN(CC1(CS)CCOCC1)C1CCCC1. The van der Waals surface area contributed by atoms with E-state index in [4.69, 9.17) is 4.74 Å². The van der Waals surface area contributed by atoms with Crippen molar-refractivity contribution in [1.82, 2.24) is 4.90 Å². The van der Waals surface area contributed by atoms with Crippen LogP contribution in [0.5, 0.6) is 0 Å². The molecule has 0 bridgehead atoms. The van der Waals surface area contributed by atoms with Crippen molar-refractivity contribution in [2.45, 2.75) is 44.6 Å². The van der Waals surface area contributed by atoms with Crippen molar-refractivity contribution in [1.29, 1.82) is 0 Å². The van der Waals surface area contributed by atoms with E-state index in [0.29, 0.717) is 11.5 Å². The lowest BCUT2D eigenvalue weighted by atomic mass is 9.81. The van der Waals surface area contributed by atoms with E-state index in [1.165, 1.54) is 25.7 Å². The Morgan fingerprint density at radius 2 is 1.89 bits per heavy atom. The van der Waals surface area contributed by atoms with Gasteiger partial charge in [-0.1, -0.05) is 12.8 Å².